The molecule has 10 heteroatoms. The van der Waals surface area contributed by atoms with Crippen LogP contribution in [0.3, 0.4) is 0 Å². The van der Waals surface area contributed by atoms with Crippen molar-refractivity contribution in [1.29, 1.82) is 0 Å². The number of carbonyl (C=O) groups excluding carboxylic acids is 2. The molecule has 326 valence electrons. The number of phosphoric acid groups is 1. The summed E-state index contributed by atoms with van der Waals surface area (Å²) < 4.78 is 34.3. The molecule has 0 rings (SSSR count). The Morgan fingerprint density at radius 2 is 0.927 bits per heavy atom. The van der Waals surface area contributed by atoms with Crippen molar-refractivity contribution < 1.29 is 42.1 Å². The van der Waals surface area contributed by atoms with Gasteiger partial charge in [-0.25, -0.2) is 4.57 Å². The normalized spacial score (nSPS) is 13.6. The van der Waals surface area contributed by atoms with Crippen molar-refractivity contribution in [2.45, 2.75) is 219 Å². The molecule has 1 unspecified atom stereocenters. The van der Waals surface area contributed by atoms with Gasteiger partial charge in [0.25, 0.3) is 0 Å². The summed E-state index contributed by atoms with van der Waals surface area (Å²) in [6, 6.07) is 0. The summed E-state index contributed by atoms with van der Waals surface area (Å²) in [7, 11) is 1.48. The molecule has 0 aliphatic carbocycles. The van der Waals surface area contributed by atoms with Crippen molar-refractivity contribution in [2.24, 2.45) is 0 Å². The van der Waals surface area contributed by atoms with E-state index in [1.54, 1.807) is 0 Å². The second-order valence-electron chi connectivity index (χ2n) is 16.8. The van der Waals surface area contributed by atoms with Gasteiger partial charge in [0.1, 0.15) is 19.8 Å². The average Bonchev–Trinajstić information content (AvgIpc) is 3.13. The third kappa shape index (κ3) is 42.2. The van der Waals surface area contributed by atoms with Crippen LogP contribution in [0.4, 0.5) is 0 Å². The summed E-state index contributed by atoms with van der Waals surface area (Å²) in [6.07, 6.45) is 39.6. The topological polar surface area (TPSA) is 108 Å². The number of quaternary nitrogens is 1. The van der Waals surface area contributed by atoms with Crippen molar-refractivity contribution in [3.8, 4) is 0 Å². The highest BCUT2D eigenvalue weighted by Gasteiger charge is 2.27. The molecule has 9 nitrogen and oxygen atoms in total. The van der Waals surface area contributed by atoms with Crippen LogP contribution >= 0.6 is 7.82 Å². The highest BCUT2D eigenvalue weighted by Crippen LogP contribution is 2.43. The van der Waals surface area contributed by atoms with Crippen LogP contribution < -0.4 is 0 Å². The average molecular weight is 803 g/mol. The van der Waals surface area contributed by atoms with Gasteiger partial charge in [-0.3, -0.25) is 18.6 Å². The number of esters is 2. The maximum atomic E-state index is 12.7. The molecule has 0 aromatic rings. The zero-order valence-electron chi connectivity index (χ0n) is 36.7. The van der Waals surface area contributed by atoms with E-state index in [4.69, 9.17) is 18.5 Å². The quantitative estimate of drug-likeness (QED) is 0.0214. The first-order valence-corrected chi connectivity index (χ1v) is 24.4. The SMILES string of the molecule is CCCCCCCC/C=C\CCCCCCCC(=O)O[C@H](COC(=O)CCCCCCCCCCCCCCCCCC)COP(=O)(O)OCC[N+](C)(C)C. The lowest BCUT2D eigenvalue weighted by Gasteiger charge is -2.24. The minimum atomic E-state index is -4.37. The van der Waals surface area contributed by atoms with Crippen molar-refractivity contribution >= 4 is 19.8 Å². The number of unbranched alkanes of at least 4 members (excludes halogenated alkanes) is 26. The van der Waals surface area contributed by atoms with E-state index in [0.29, 0.717) is 23.9 Å². The first-order valence-electron chi connectivity index (χ1n) is 22.9. The van der Waals surface area contributed by atoms with Crippen LogP contribution in [0.25, 0.3) is 0 Å². The fourth-order valence-electron chi connectivity index (χ4n) is 6.42. The van der Waals surface area contributed by atoms with E-state index in [1.165, 1.54) is 128 Å². The molecule has 0 aromatic heterocycles. The van der Waals surface area contributed by atoms with E-state index in [0.717, 1.165) is 51.4 Å². The van der Waals surface area contributed by atoms with Crippen LogP contribution in [0.15, 0.2) is 12.2 Å². The van der Waals surface area contributed by atoms with E-state index in [-0.39, 0.29) is 25.6 Å². The molecular formula is C45H89NO8P+. The van der Waals surface area contributed by atoms with E-state index in [1.807, 2.05) is 21.1 Å². The monoisotopic (exact) mass is 803 g/mol. The van der Waals surface area contributed by atoms with Crippen molar-refractivity contribution in [2.75, 3.05) is 47.5 Å². The zero-order valence-corrected chi connectivity index (χ0v) is 37.6. The van der Waals surface area contributed by atoms with Crippen LogP contribution in [0, 0.1) is 0 Å². The molecule has 0 aliphatic heterocycles. The number of hydrogen-bond acceptors (Lipinski definition) is 7. The second kappa shape index (κ2) is 38.3. The van der Waals surface area contributed by atoms with Gasteiger partial charge in [-0.2, -0.15) is 0 Å². The van der Waals surface area contributed by atoms with Gasteiger partial charge in [0.15, 0.2) is 6.10 Å². The number of likely N-dealkylation sites (N-methyl/N-ethyl adjacent to an activating group) is 1. The van der Waals surface area contributed by atoms with Gasteiger partial charge in [0.2, 0.25) is 0 Å². The molecule has 0 bridgehead atoms. The highest BCUT2D eigenvalue weighted by atomic mass is 31.2. The predicted molar refractivity (Wildman–Crippen MR) is 229 cm³/mol. The van der Waals surface area contributed by atoms with Crippen LogP contribution in [0.2, 0.25) is 0 Å². The van der Waals surface area contributed by atoms with E-state index >= 15 is 0 Å². The molecule has 0 spiro atoms. The Labute approximate surface area is 339 Å². The van der Waals surface area contributed by atoms with E-state index in [9.17, 15) is 19.0 Å². The standard InChI is InChI=1S/C45H88NO8P/c1-6-8-10-12-14-16-18-20-22-24-25-27-29-31-33-35-37-44(47)51-41-43(42-53-55(49,50)52-40-39-46(3,4)5)54-45(48)38-36-34-32-30-28-26-23-21-19-17-15-13-11-9-7-2/h21,23,43H,6-20,22,24-42H2,1-5H3/p+1/b23-21-/t43-/m1/s1. The Bertz CT molecular complexity index is 954. The molecule has 0 radical (unpaired) electrons. The van der Waals surface area contributed by atoms with Gasteiger partial charge in [0, 0.05) is 12.8 Å². The Morgan fingerprint density at radius 1 is 0.545 bits per heavy atom. The molecule has 55 heavy (non-hydrogen) atoms. The van der Waals surface area contributed by atoms with Gasteiger partial charge in [-0.1, -0.05) is 174 Å². The summed E-state index contributed by atoms with van der Waals surface area (Å²) >= 11 is 0. The molecule has 0 fully saturated rings. The van der Waals surface area contributed by atoms with Crippen molar-refractivity contribution in [3.63, 3.8) is 0 Å². The minimum Gasteiger partial charge on any atom is -0.462 e. The molecule has 0 heterocycles. The smallest absolute Gasteiger partial charge is 0.462 e. The van der Waals surface area contributed by atoms with Gasteiger partial charge in [0.05, 0.1) is 27.7 Å². The number of carbonyl (C=O) groups is 2. The summed E-state index contributed by atoms with van der Waals surface area (Å²) in [5, 5.41) is 0. The largest absolute Gasteiger partial charge is 0.472 e. The molecule has 0 saturated carbocycles. The molecule has 1 N–H and O–H groups in total. The molecular weight excluding hydrogens is 713 g/mol. The summed E-state index contributed by atoms with van der Waals surface area (Å²) in [6.45, 7) is 4.44. The van der Waals surface area contributed by atoms with Gasteiger partial charge in [-0.15, -0.1) is 0 Å². The molecule has 0 amide bonds. The third-order valence-electron chi connectivity index (χ3n) is 10.0. The first kappa shape index (κ1) is 53.8. The van der Waals surface area contributed by atoms with Crippen LogP contribution in [0.1, 0.15) is 213 Å². The molecule has 0 aliphatic rings. The van der Waals surface area contributed by atoms with Crippen molar-refractivity contribution in [1.82, 2.24) is 0 Å². The second-order valence-corrected chi connectivity index (χ2v) is 18.2. The molecule has 2 atom stereocenters. The fraction of sp³-hybridized carbons (Fsp3) is 0.911. The number of phosphoric ester groups is 1. The Hall–Kier alpha value is -1.25. The number of rotatable bonds is 42. The van der Waals surface area contributed by atoms with E-state index < -0.39 is 26.5 Å². The molecule has 0 saturated heterocycles. The van der Waals surface area contributed by atoms with Crippen LogP contribution in [0.5, 0.6) is 0 Å². The highest BCUT2D eigenvalue weighted by molar-refractivity contribution is 7.47. The first-order chi connectivity index (χ1) is 26.5. The Morgan fingerprint density at radius 3 is 1.35 bits per heavy atom. The number of hydrogen-bond donors (Lipinski definition) is 1. The molecule has 0 aromatic carbocycles. The lowest BCUT2D eigenvalue weighted by molar-refractivity contribution is -0.870. The van der Waals surface area contributed by atoms with Gasteiger partial charge < -0.3 is 18.9 Å². The van der Waals surface area contributed by atoms with Gasteiger partial charge >= 0.3 is 19.8 Å². The predicted octanol–water partition coefficient (Wildman–Crippen LogP) is 13.0. The van der Waals surface area contributed by atoms with Crippen LogP contribution in [-0.4, -0.2) is 74.9 Å². The minimum absolute atomic E-state index is 0.0332. The summed E-state index contributed by atoms with van der Waals surface area (Å²) in [5.74, 6) is -0.797. The van der Waals surface area contributed by atoms with Gasteiger partial charge in [-0.05, 0) is 38.5 Å². The maximum absolute atomic E-state index is 12.7. The lowest BCUT2D eigenvalue weighted by atomic mass is 10.0. The number of nitrogens with zero attached hydrogens (tertiary/aromatic N) is 1. The number of allylic oxidation sites excluding steroid dienone is 2. The fourth-order valence-corrected chi connectivity index (χ4v) is 7.16. The maximum Gasteiger partial charge on any atom is 0.472 e. The van der Waals surface area contributed by atoms with Crippen LogP contribution in [-0.2, 0) is 32.7 Å². The summed E-state index contributed by atoms with van der Waals surface area (Å²) in [4.78, 5) is 35.4. The van der Waals surface area contributed by atoms with E-state index in [2.05, 4.69) is 26.0 Å². The zero-order chi connectivity index (χ0) is 40.7. The lowest BCUT2D eigenvalue weighted by Crippen LogP contribution is -2.37. The Balaban J connectivity index is 4.32. The third-order valence-corrected chi connectivity index (χ3v) is 11.0. The van der Waals surface area contributed by atoms with Crippen molar-refractivity contribution in [3.05, 3.63) is 12.2 Å². The summed E-state index contributed by atoms with van der Waals surface area (Å²) in [5.41, 5.74) is 0. The Kier molecular flexibility index (Phi) is 37.4. The number of ether oxygens (including phenoxy) is 2.